The van der Waals surface area contributed by atoms with Crippen molar-refractivity contribution in [3.05, 3.63) is 65.5 Å². The van der Waals surface area contributed by atoms with Gasteiger partial charge in [-0.1, -0.05) is 30.7 Å². The summed E-state index contributed by atoms with van der Waals surface area (Å²) in [6.07, 6.45) is -1.17. The van der Waals surface area contributed by atoms with E-state index in [0.29, 0.717) is 46.6 Å². The number of carboxylic acids is 1. The summed E-state index contributed by atoms with van der Waals surface area (Å²) in [7, 11) is 0. The Morgan fingerprint density at radius 2 is 1.90 bits per heavy atom. The van der Waals surface area contributed by atoms with Gasteiger partial charge in [0.05, 0.1) is 12.2 Å². The third-order valence-corrected chi connectivity index (χ3v) is 7.04. The zero-order valence-electron chi connectivity index (χ0n) is 21.5. The van der Waals surface area contributed by atoms with Crippen molar-refractivity contribution < 1.29 is 27.8 Å². The first-order chi connectivity index (χ1) is 18.6. The van der Waals surface area contributed by atoms with Crippen LogP contribution in [0.15, 0.2) is 48.5 Å². The molecule has 1 saturated carbocycles. The number of carbonyl (C=O) groups is 1. The second kappa shape index (κ2) is 10.5. The number of ether oxygens (including phenoxy) is 1. The summed E-state index contributed by atoms with van der Waals surface area (Å²) in [6.45, 7) is 4.52. The van der Waals surface area contributed by atoms with Gasteiger partial charge in [-0.3, -0.25) is 0 Å². The number of nitrogens with zero attached hydrogens (tertiary/aromatic N) is 4. The number of halogens is 3. The topological polar surface area (TPSA) is 102 Å². The van der Waals surface area contributed by atoms with Crippen LogP contribution in [0.1, 0.15) is 54.9 Å². The molecule has 0 radical (unpaired) electrons. The second-order valence-electron chi connectivity index (χ2n) is 9.67. The molecule has 0 aliphatic heterocycles. The third kappa shape index (κ3) is 5.52. The molecular weight excluding hydrogens is 511 g/mol. The monoisotopic (exact) mass is 539 g/mol. The number of alkyl halides is 3. The fourth-order valence-corrected chi connectivity index (χ4v) is 4.75. The molecule has 204 valence electrons. The molecule has 11 heteroatoms. The number of hydrogen-bond acceptors (Lipinski definition) is 6. The fourth-order valence-electron chi connectivity index (χ4n) is 4.75. The summed E-state index contributed by atoms with van der Waals surface area (Å²) >= 11 is 0. The van der Waals surface area contributed by atoms with E-state index in [2.05, 4.69) is 15.3 Å². The summed E-state index contributed by atoms with van der Waals surface area (Å²) < 4.78 is 47.0. The van der Waals surface area contributed by atoms with Gasteiger partial charge in [0.25, 0.3) is 0 Å². The Hall–Kier alpha value is -4.15. The van der Waals surface area contributed by atoms with Gasteiger partial charge in [0.1, 0.15) is 17.1 Å². The van der Waals surface area contributed by atoms with Crippen LogP contribution in [0.3, 0.4) is 0 Å². The van der Waals surface area contributed by atoms with Gasteiger partial charge in [0.15, 0.2) is 11.5 Å². The number of carboxylic acid groups (broad SMARTS) is 1. The minimum absolute atomic E-state index is 0.0256. The Morgan fingerprint density at radius 3 is 2.51 bits per heavy atom. The standard InChI is InChI=1S/C28H28F3N5O3/c1-3-39-21-9-5-8-19(14-21)26-35-24-22(36(26)15-17-10-12-20(13-11-17)28(29,30)31)23(33-25(34-24)27(37)38)32-16(2)18-6-4-7-18/h5,8-14,16,18H,3-4,6-7,15H2,1-2H3,(H,37,38)(H,32,33,34). The lowest BCUT2D eigenvalue weighted by Crippen LogP contribution is -2.31. The van der Waals surface area contributed by atoms with Crippen molar-refractivity contribution in [3.8, 4) is 17.1 Å². The summed E-state index contributed by atoms with van der Waals surface area (Å²) in [4.78, 5) is 25.1. The average Bonchev–Trinajstić information content (AvgIpc) is 3.21. The SMILES string of the molecule is CCOc1cccc(-c2nc3nc(C(=O)O)nc(NC(C)C4CCC4)c3n2Cc2ccc(C(F)(F)F)cc2)c1. The van der Waals surface area contributed by atoms with E-state index in [-0.39, 0.29) is 24.1 Å². The molecule has 0 saturated heterocycles. The Bertz CT molecular complexity index is 1500. The molecule has 2 heterocycles. The van der Waals surface area contributed by atoms with Crippen molar-refractivity contribution in [1.29, 1.82) is 0 Å². The molecule has 0 spiro atoms. The van der Waals surface area contributed by atoms with Gasteiger partial charge in [-0.05, 0) is 62.4 Å². The Morgan fingerprint density at radius 1 is 1.15 bits per heavy atom. The van der Waals surface area contributed by atoms with Crippen LogP contribution in [0.5, 0.6) is 5.75 Å². The predicted octanol–water partition coefficient (Wildman–Crippen LogP) is 6.26. The number of aromatic carboxylic acids is 1. The maximum absolute atomic E-state index is 13.2. The van der Waals surface area contributed by atoms with Crippen LogP contribution in [-0.4, -0.2) is 43.2 Å². The van der Waals surface area contributed by atoms with Gasteiger partial charge < -0.3 is 19.7 Å². The van der Waals surface area contributed by atoms with Crippen LogP contribution >= 0.6 is 0 Å². The Labute approximate surface area is 222 Å². The van der Waals surface area contributed by atoms with E-state index in [1.54, 1.807) is 0 Å². The minimum atomic E-state index is -4.44. The van der Waals surface area contributed by atoms with Crippen molar-refractivity contribution in [3.63, 3.8) is 0 Å². The number of benzene rings is 2. The third-order valence-electron chi connectivity index (χ3n) is 7.04. The lowest BCUT2D eigenvalue weighted by Gasteiger charge is -2.32. The molecule has 0 bridgehead atoms. The van der Waals surface area contributed by atoms with Crippen molar-refractivity contribution in [1.82, 2.24) is 19.5 Å². The summed E-state index contributed by atoms with van der Waals surface area (Å²) in [5.41, 5.74) is 1.19. The van der Waals surface area contributed by atoms with Gasteiger partial charge in [-0.25, -0.2) is 19.7 Å². The molecule has 1 unspecified atom stereocenters. The van der Waals surface area contributed by atoms with E-state index in [4.69, 9.17) is 9.72 Å². The van der Waals surface area contributed by atoms with Crippen LogP contribution in [0.25, 0.3) is 22.6 Å². The molecule has 8 nitrogen and oxygen atoms in total. The molecule has 2 aromatic heterocycles. The molecule has 1 aliphatic rings. The zero-order chi connectivity index (χ0) is 27.7. The van der Waals surface area contributed by atoms with E-state index < -0.39 is 17.7 Å². The van der Waals surface area contributed by atoms with E-state index in [1.807, 2.05) is 42.7 Å². The van der Waals surface area contributed by atoms with Crippen LogP contribution in [-0.2, 0) is 12.7 Å². The Balaban J connectivity index is 1.68. The van der Waals surface area contributed by atoms with E-state index >= 15 is 0 Å². The zero-order valence-corrected chi connectivity index (χ0v) is 21.5. The number of aromatic nitrogens is 4. The first-order valence-corrected chi connectivity index (χ1v) is 12.8. The van der Waals surface area contributed by atoms with E-state index in [9.17, 15) is 23.1 Å². The van der Waals surface area contributed by atoms with Gasteiger partial charge in [0.2, 0.25) is 5.82 Å². The second-order valence-corrected chi connectivity index (χ2v) is 9.67. The molecule has 1 fully saturated rings. The molecule has 4 aromatic rings. The lowest BCUT2D eigenvalue weighted by atomic mass is 9.80. The van der Waals surface area contributed by atoms with Gasteiger partial charge in [-0.15, -0.1) is 0 Å². The van der Waals surface area contributed by atoms with Crippen molar-refractivity contribution >= 4 is 23.0 Å². The van der Waals surface area contributed by atoms with Gasteiger partial charge in [0, 0.05) is 18.2 Å². The molecule has 0 amide bonds. The molecule has 5 rings (SSSR count). The summed E-state index contributed by atoms with van der Waals surface area (Å²) in [6, 6.07) is 12.2. The highest BCUT2D eigenvalue weighted by Gasteiger charge is 2.30. The summed E-state index contributed by atoms with van der Waals surface area (Å²) in [5.74, 6) is 0.161. The number of hydrogen-bond donors (Lipinski definition) is 2. The highest BCUT2D eigenvalue weighted by atomic mass is 19.4. The number of nitrogens with one attached hydrogen (secondary N) is 1. The van der Waals surface area contributed by atoms with Gasteiger partial charge >= 0.3 is 12.1 Å². The normalized spacial score (nSPS) is 14.7. The van der Waals surface area contributed by atoms with Crippen molar-refractivity contribution in [2.24, 2.45) is 5.92 Å². The average molecular weight is 540 g/mol. The van der Waals surface area contributed by atoms with E-state index in [0.717, 1.165) is 31.4 Å². The molecule has 2 aromatic carbocycles. The number of fused-ring (bicyclic) bond motifs is 1. The van der Waals surface area contributed by atoms with Crippen LogP contribution in [0, 0.1) is 5.92 Å². The Kier molecular flexibility index (Phi) is 7.16. The molecule has 1 aliphatic carbocycles. The van der Waals surface area contributed by atoms with Crippen LogP contribution in [0.4, 0.5) is 19.0 Å². The first kappa shape index (κ1) is 26.5. The molecule has 39 heavy (non-hydrogen) atoms. The van der Waals surface area contributed by atoms with Gasteiger partial charge in [-0.2, -0.15) is 13.2 Å². The fraction of sp³-hybridized carbons (Fsp3) is 0.357. The van der Waals surface area contributed by atoms with Crippen molar-refractivity contribution in [2.75, 3.05) is 11.9 Å². The maximum atomic E-state index is 13.2. The number of anilines is 1. The maximum Gasteiger partial charge on any atom is 0.416 e. The molecular formula is C28H28F3N5O3. The highest BCUT2D eigenvalue weighted by Crippen LogP contribution is 2.35. The quantitative estimate of drug-likeness (QED) is 0.259. The lowest BCUT2D eigenvalue weighted by molar-refractivity contribution is -0.137. The number of rotatable bonds is 9. The molecule has 1 atom stereocenters. The largest absolute Gasteiger partial charge is 0.494 e. The highest BCUT2D eigenvalue weighted by molar-refractivity contribution is 5.92. The molecule has 2 N–H and O–H groups in total. The van der Waals surface area contributed by atoms with Crippen LogP contribution in [0.2, 0.25) is 0 Å². The van der Waals surface area contributed by atoms with E-state index in [1.165, 1.54) is 12.1 Å². The first-order valence-electron chi connectivity index (χ1n) is 12.8. The van der Waals surface area contributed by atoms with Crippen LogP contribution < -0.4 is 10.1 Å². The predicted molar refractivity (Wildman–Crippen MR) is 140 cm³/mol. The summed E-state index contributed by atoms with van der Waals surface area (Å²) in [5, 5.41) is 13.1. The minimum Gasteiger partial charge on any atom is -0.494 e. The number of imidazole rings is 1. The smallest absolute Gasteiger partial charge is 0.416 e. The van der Waals surface area contributed by atoms with Crippen molar-refractivity contribution in [2.45, 2.75) is 51.9 Å².